The van der Waals surface area contributed by atoms with Gasteiger partial charge in [0.25, 0.3) is 0 Å². The van der Waals surface area contributed by atoms with E-state index >= 15 is 0 Å². The lowest BCUT2D eigenvalue weighted by Gasteiger charge is -2.06. The molecule has 1 heterocycles. The summed E-state index contributed by atoms with van der Waals surface area (Å²) in [6.45, 7) is 0. The first-order valence-corrected chi connectivity index (χ1v) is 7.52. The number of nitrogens with one attached hydrogen (secondary N) is 1. The summed E-state index contributed by atoms with van der Waals surface area (Å²) in [6.07, 6.45) is 0. The maximum absolute atomic E-state index is 11.8. The summed E-state index contributed by atoms with van der Waals surface area (Å²) in [5.74, 6) is -0.0525. The van der Waals surface area contributed by atoms with Crippen LogP contribution in [0.2, 0.25) is 0 Å². The molecule has 2 rings (SSSR count). The van der Waals surface area contributed by atoms with Gasteiger partial charge in [-0.3, -0.25) is 4.72 Å². The summed E-state index contributed by atoms with van der Waals surface area (Å²) in [6, 6.07) is 8.53. The molecule has 90 valence electrons. The zero-order valence-corrected chi connectivity index (χ0v) is 10.6. The van der Waals surface area contributed by atoms with Gasteiger partial charge in [-0.2, -0.15) is 11.3 Å². The van der Waals surface area contributed by atoms with Crippen LogP contribution in [0.4, 0.5) is 11.4 Å². The highest BCUT2D eigenvalue weighted by Crippen LogP contribution is 2.16. The van der Waals surface area contributed by atoms with Crippen LogP contribution in [-0.2, 0) is 15.8 Å². The summed E-state index contributed by atoms with van der Waals surface area (Å²) in [5.41, 5.74) is 7.47. The van der Waals surface area contributed by atoms with Gasteiger partial charge < -0.3 is 5.73 Å². The second-order valence-electron chi connectivity index (χ2n) is 3.61. The largest absolute Gasteiger partial charge is 0.399 e. The van der Waals surface area contributed by atoms with Crippen LogP contribution < -0.4 is 10.5 Å². The minimum atomic E-state index is -3.35. The van der Waals surface area contributed by atoms with Crippen molar-refractivity contribution in [1.82, 2.24) is 0 Å². The van der Waals surface area contributed by atoms with E-state index in [1.807, 2.05) is 5.38 Å². The third kappa shape index (κ3) is 3.47. The second-order valence-corrected chi connectivity index (χ2v) is 6.12. The molecule has 1 aromatic heterocycles. The molecule has 6 heteroatoms. The van der Waals surface area contributed by atoms with Gasteiger partial charge >= 0.3 is 0 Å². The molecule has 0 unspecified atom stereocenters. The van der Waals surface area contributed by atoms with Crippen molar-refractivity contribution in [3.8, 4) is 0 Å². The molecule has 0 aliphatic carbocycles. The van der Waals surface area contributed by atoms with E-state index in [-0.39, 0.29) is 5.75 Å². The van der Waals surface area contributed by atoms with Crippen LogP contribution in [0.1, 0.15) is 5.56 Å². The molecular weight excluding hydrogens is 256 g/mol. The quantitative estimate of drug-likeness (QED) is 0.835. The SMILES string of the molecule is Nc1ccc(CS(=O)(=O)Nc2ccsc2)cc1. The van der Waals surface area contributed by atoms with Gasteiger partial charge in [0.2, 0.25) is 10.0 Å². The van der Waals surface area contributed by atoms with Crippen molar-refractivity contribution in [2.75, 3.05) is 10.5 Å². The molecule has 0 saturated heterocycles. The fourth-order valence-corrected chi connectivity index (χ4v) is 3.22. The maximum atomic E-state index is 11.8. The number of hydrogen-bond donors (Lipinski definition) is 2. The summed E-state index contributed by atoms with van der Waals surface area (Å²) >= 11 is 1.45. The number of anilines is 2. The molecule has 0 aliphatic rings. The number of nitrogen functional groups attached to an aromatic ring is 1. The number of thiophene rings is 1. The molecule has 2 aromatic rings. The summed E-state index contributed by atoms with van der Waals surface area (Å²) in [5, 5.41) is 3.57. The van der Waals surface area contributed by atoms with E-state index in [0.717, 1.165) is 0 Å². The van der Waals surface area contributed by atoms with Crippen LogP contribution >= 0.6 is 11.3 Å². The van der Waals surface area contributed by atoms with Crippen LogP contribution in [0.5, 0.6) is 0 Å². The first-order valence-electron chi connectivity index (χ1n) is 4.92. The van der Waals surface area contributed by atoms with Crippen LogP contribution in [0, 0.1) is 0 Å². The Morgan fingerprint density at radius 2 is 1.88 bits per heavy atom. The van der Waals surface area contributed by atoms with E-state index in [2.05, 4.69) is 4.72 Å². The molecule has 0 spiro atoms. The van der Waals surface area contributed by atoms with E-state index in [0.29, 0.717) is 16.9 Å². The van der Waals surface area contributed by atoms with Gasteiger partial charge in [0.05, 0.1) is 11.4 Å². The number of rotatable bonds is 4. The van der Waals surface area contributed by atoms with Crippen LogP contribution in [0.3, 0.4) is 0 Å². The zero-order valence-electron chi connectivity index (χ0n) is 8.96. The molecule has 0 aliphatic heterocycles. The average molecular weight is 268 g/mol. The molecule has 0 radical (unpaired) electrons. The van der Waals surface area contributed by atoms with Gasteiger partial charge in [0, 0.05) is 11.1 Å². The maximum Gasteiger partial charge on any atom is 0.236 e. The summed E-state index contributed by atoms with van der Waals surface area (Å²) in [4.78, 5) is 0. The number of hydrogen-bond acceptors (Lipinski definition) is 4. The number of sulfonamides is 1. The lowest BCUT2D eigenvalue weighted by Crippen LogP contribution is -2.14. The molecule has 4 nitrogen and oxygen atoms in total. The predicted molar refractivity (Wildman–Crippen MR) is 71.4 cm³/mol. The third-order valence-electron chi connectivity index (χ3n) is 2.13. The van der Waals surface area contributed by atoms with Crippen molar-refractivity contribution in [2.24, 2.45) is 0 Å². The second kappa shape index (κ2) is 4.77. The van der Waals surface area contributed by atoms with Gasteiger partial charge in [-0.05, 0) is 29.1 Å². The van der Waals surface area contributed by atoms with Gasteiger partial charge in [0.1, 0.15) is 0 Å². The summed E-state index contributed by atoms with van der Waals surface area (Å²) < 4.78 is 26.1. The van der Waals surface area contributed by atoms with Gasteiger partial charge in [-0.15, -0.1) is 0 Å². The Morgan fingerprint density at radius 1 is 1.18 bits per heavy atom. The molecule has 1 aromatic carbocycles. The monoisotopic (exact) mass is 268 g/mol. The molecular formula is C11H12N2O2S2. The molecule has 0 bridgehead atoms. The molecule has 0 fully saturated rings. The molecule has 0 saturated carbocycles. The first kappa shape index (κ1) is 11.9. The predicted octanol–water partition coefficient (Wildman–Crippen LogP) is 2.27. The Morgan fingerprint density at radius 3 is 2.47 bits per heavy atom. The number of benzene rings is 1. The van der Waals surface area contributed by atoms with E-state index < -0.39 is 10.0 Å². The smallest absolute Gasteiger partial charge is 0.236 e. The van der Waals surface area contributed by atoms with E-state index in [1.165, 1.54) is 11.3 Å². The Labute approximate surface area is 104 Å². The Hall–Kier alpha value is -1.53. The summed E-state index contributed by atoms with van der Waals surface area (Å²) in [7, 11) is -3.35. The van der Waals surface area contributed by atoms with Crippen molar-refractivity contribution in [2.45, 2.75) is 5.75 Å². The van der Waals surface area contributed by atoms with Crippen LogP contribution in [0.25, 0.3) is 0 Å². The Kier molecular flexibility index (Phi) is 3.35. The minimum absolute atomic E-state index is 0.0525. The fraction of sp³-hybridized carbons (Fsp3) is 0.0909. The van der Waals surface area contributed by atoms with Crippen molar-refractivity contribution in [3.63, 3.8) is 0 Å². The molecule has 17 heavy (non-hydrogen) atoms. The highest BCUT2D eigenvalue weighted by Gasteiger charge is 2.11. The van der Waals surface area contributed by atoms with Gasteiger partial charge in [-0.1, -0.05) is 12.1 Å². The molecule has 0 amide bonds. The molecule has 0 atom stereocenters. The Bertz CT molecular complexity index is 574. The first-order chi connectivity index (χ1) is 8.05. The van der Waals surface area contributed by atoms with Crippen molar-refractivity contribution in [1.29, 1.82) is 0 Å². The van der Waals surface area contributed by atoms with E-state index in [1.54, 1.807) is 35.7 Å². The lowest BCUT2D eigenvalue weighted by molar-refractivity contribution is 0.600. The third-order valence-corrected chi connectivity index (χ3v) is 4.07. The van der Waals surface area contributed by atoms with E-state index in [4.69, 9.17) is 5.73 Å². The van der Waals surface area contributed by atoms with Crippen molar-refractivity contribution >= 4 is 32.7 Å². The van der Waals surface area contributed by atoms with Crippen LogP contribution in [0.15, 0.2) is 41.1 Å². The van der Waals surface area contributed by atoms with Gasteiger partial charge in [-0.25, -0.2) is 8.42 Å². The number of nitrogens with two attached hydrogens (primary N) is 1. The van der Waals surface area contributed by atoms with Crippen molar-refractivity contribution < 1.29 is 8.42 Å². The van der Waals surface area contributed by atoms with Crippen LogP contribution in [-0.4, -0.2) is 8.42 Å². The standard InChI is InChI=1S/C11H12N2O2S2/c12-10-3-1-9(2-4-10)8-17(14,15)13-11-5-6-16-7-11/h1-7,13H,8,12H2. The van der Waals surface area contributed by atoms with Gasteiger partial charge in [0.15, 0.2) is 0 Å². The average Bonchev–Trinajstić information content (AvgIpc) is 2.73. The zero-order chi connectivity index (χ0) is 12.3. The fourth-order valence-electron chi connectivity index (χ4n) is 1.37. The topological polar surface area (TPSA) is 72.2 Å². The normalized spacial score (nSPS) is 11.3. The van der Waals surface area contributed by atoms with Crippen molar-refractivity contribution in [3.05, 3.63) is 46.7 Å². The Balaban J connectivity index is 2.09. The highest BCUT2D eigenvalue weighted by atomic mass is 32.2. The minimum Gasteiger partial charge on any atom is -0.399 e. The molecule has 3 N–H and O–H groups in total. The highest BCUT2D eigenvalue weighted by molar-refractivity contribution is 7.91. The van der Waals surface area contributed by atoms with E-state index in [9.17, 15) is 8.42 Å². The lowest BCUT2D eigenvalue weighted by atomic mass is 10.2.